The summed E-state index contributed by atoms with van der Waals surface area (Å²) in [5.74, 6) is -0.143. The smallest absolute Gasteiger partial charge is 0.280 e. The minimum atomic E-state index is -0.328. The molecule has 0 bridgehead atoms. The van der Waals surface area contributed by atoms with E-state index in [1.54, 1.807) is 12.1 Å². The van der Waals surface area contributed by atoms with E-state index in [0.717, 1.165) is 10.5 Å². The molecule has 0 saturated carbocycles. The van der Waals surface area contributed by atoms with Gasteiger partial charge in [0.2, 0.25) is 0 Å². The summed E-state index contributed by atoms with van der Waals surface area (Å²) in [6.07, 6.45) is 0. The van der Waals surface area contributed by atoms with E-state index in [-0.39, 0.29) is 24.4 Å². The number of rotatable bonds is 8. The average Bonchev–Trinajstić information content (AvgIpc) is 2.67. The van der Waals surface area contributed by atoms with Crippen molar-refractivity contribution in [3.8, 4) is 0 Å². The first-order chi connectivity index (χ1) is 12.9. The number of anilines is 1. The van der Waals surface area contributed by atoms with Gasteiger partial charge in [-0.15, -0.1) is 0 Å². The lowest BCUT2D eigenvalue weighted by Gasteiger charge is -2.27. The number of amides is 2. The van der Waals surface area contributed by atoms with Gasteiger partial charge in [0.05, 0.1) is 17.8 Å². The largest absolute Gasteiger partial charge is 0.334 e. The van der Waals surface area contributed by atoms with Gasteiger partial charge in [0.25, 0.3) is 11.8 Å². The lowest BCUT2D eigenvalue weighted by molar-refractivity contribution is -0.886. The highest BCUT2D eigenvalue weighted by atomic mass is 35.5. The lowest BCUT2D eigenvalue weighted by Crippen LogP contribution is -3.15. The lowest BCUT2D eigenvalue weighted by atomic mass is 10.2. The van der Waals surface area contributed by atoms with Crippen LogP contribution in [0.3, 0.4) is 0 Å². The Kier molecular flexibility index (Phi) is 7.82. The van der Waals surface area contributed by atoms with Gasteiger partial charge >= 0.3 is 0 Å². The summed E-state index contributed by atoms with van der Waals surface area (Å²) < 4.78 is 0. The van der Waals surface area contributed by atoms with Crippen molar-refractivity contribution in [1.82, 2.24) is 4.90 Å². The molecule has 0 aliphatic rings. The Labute approximate surface area is 165 Å². The van der Waals surface area contributed by atoms with Gasteiger partial charge in [-0.3, -0.25) is 9.59 Å². The molecule has 0 aliphatic heterocycles. The second-order valence-corrected chi connectivity index (χ2v) is 7.02. The summed E-state index contributed by atoms with van der Waals surface area (Å²) in [6.45, 7) is 5.19. The van der Waals surface area contributed by atoms with Crippen LogP contribution in [-0.4, -0.2) is 42.9 Å². The second-order valence-electron chi connectivity index (χ2n) is 6.61. The van der Waals surface area contributed by atoms with Crippen molar-refractivity contribution in [2.45, 2.75) is 26.4 Å². The molecule has 1 unspecified atom stereocenters. The summed E-state index contributed by atoms with van der Waals surface area (Å²) in [4.78, 5) is 27.8. The highest BCUT2D eigenvalue weighted by Gasteiger charge is 2.28. The van der Waals surface area contributed by atoms with E-state index in [1.807, 2.05) is 68.3 Å². The van der Waals surface area contributed by atoms with Gasteiger partial charge in [-0.2, -0.15) is 0 Å². The maximum Gasteiger partial charge on any atom is 0.280 e. The molecule has 2 atom stereocenters. The van der Waals surface area contributed by atoms with Crippen LogP contribution in [0.15, 0.2) is 54.6 Å². The van der Waals surface area contributed by atoms with Crippen molar-refractivity contribution in [1.29, 1.82) is 0 Å². The third-order valence-electron chi connectivity index (χ3n) is 4.61. The molecule has 5 nitrogen and oxygen atoms in total. The molecule has 0 aromatic heterocycles. The topological polar surface area (TPSA) is 53.9 Å². The molecule has 2 rings (SSSR count). The molecular weight excluding hydrogens is 362 g/mol. The zero-order chi connectivity index (χ0) is 19.8. The molecule has 0 spiro atoms. The summed E-state index contributed by atoms with van der Waals surface area (Å²) in [5, 5.41) is 3.29. The number of quaternary nitrogens is 1. The maximum absolute atomic E-state index is 12.9. The Morgan fingerprint density at radius 1 is 1.11 bits per heavy atom. The van der Waals surface area contributed by atoms with Crippen LogP contribution in [0, 0.1) is 0 Å². The van der Waals surface area contributed by atoms with Crippen molar-refractivity contribution >= 4 is 29.1 Å². The Morgan fingerprint density at radius 2 is 1.74 bits per heavy atom. The maximum atomic E-state index is 12.9. The van der Waals surface area contributed by atoms with Crippen molar-refractivity contribution < 1.29 is 14.5 Å². The number of carbonyl (C=O) groups is 2. The van der Waals surface area contributed by atoms with Gasteiger partial charge in [0.15, 0.2) is 12.6 Å². The van der Waals surface area contributed by atoms with E-state index in [1.165, 1.54) is 0 Å². The van der Waals surface area contributed by atoms with E-state index < -0.39 is 0 Å². The standard InChI is InChI=1S/C21H26ClN3O2/c1-4-25(14-17-10-6-5-7-11-17)21(27)16(2)24(3)15-20(26)23-19-13-9-8-12-18(19)22/h5-13,16H,4,14-15H2,1-3H3,(H,23,26)/p+1/t16-/m0/s1. The number of hydrogen-bond acceptors (Lipinski definition) is 2. The summed E-state index contributed by atoms with van der Waals surface area (Å²) in [7, 11) is 1.85. The predicted molar refractivity (Wildman–Crippen MR) is 109 cm³/mol. The number of para-hydroxylation sites is 1. The number of likely N-dealkylation sites (N-methyl/N-ethyl adjacent to an activating group) is 2. The molecule has 2 aromatic carbocycles. The van der Waals surface area contributed by atoms with Crippen LogP contribution in [0.1, 0.15) is 19.4 Å². The van der Waals surface area contributed by atoms with E-state index in [9.17, 15) is 9.59 Å². The number of carbonyl (C=O) groups excluding carboxylic acids is 2. The SMILES string of the molecule is CCN(Cc1ccccc1)C(=O)[C@H](C)[NH+](C)CC(=O)Nc1ccccc1Cl. The molecule has 0 aliphatic carbocycles. The van der Waals surface area contributed by atoms with Crippen LogP contribution in [0.4, 0.5) is 5.69 Å². The number of nitrogens with zero attached hydrogens (tertiary/aromatic N) is 1. The van der Waals surface area contributed by atoms with Gasteiger partial charge in [0, 0.05) is 13.1 Å². The van der Waals surface area contributed by atoms with E-state index in [2.05, 4.69) is 5.32 Å². The van der Waals surface area contributed by atoms with Gasteiger partial charge < -0.3 is 15.1 Å². The van der Waals surface area contributed by atoms with Crippen molar-refractivity contribution in [2.75, 3.05) is 25.5 Å². The number of halogens is 1. The molecule has 0 radical (unpaired) electrons. The molecule has 2 amide bonds. The van der Waals surface area contributed by atoms with Crippen LogP contribution in [0.5, 0.6) is 0 Å². The summed E-state index contributed by atoms with van der Waals surface area (Å²) in [6, 6.07) is 16.7. The molecule has 0 saturated heterocycles. The van der Waals surface area contributed by atoms with E-state index in [0.29, 0.717) is 23.8 Å². The zero-order valence-corrected chi connectivity index (χ0v) is 16.8. The third-order valence-corrected chi connectivity index (χ3v) is 4.94. The van der Waals surface area contributed by atoms with Crippen LogP contribution in [0.2, 0.25) is 5.02 Å². The van der Waals surface area contributed by atoms with E-state index in [4.69, 9.17) is 11.6 Å². The summed E-state index contributed by atoms with van der Waals surface area (Å²) >= 11 is 6.07. The zero-order valence-electron chi connectivity index (χ0n) is 16.0. The molecule has 144 valence electrons. The van der Waals surface area contributed by atoms with Crippen LogP contribution in [0.25, 0.3) is 0 Å². The number of benzene rings is 2. The molecule has 27 heavy (non-hydrogen) atoms. The van der Waals surface area contributed by atoms with Crippen molar-refractivity contribution in [2.24, 2.45) is 0 Å². The number of nitrogens with one attached hydrogen (secondary N) is 2. The molecule has 0 fully saturated rings. The Balaban J connectivity index is 1.94. The second kappa shape index (κ2) is 10.1. The Morgan fingerprint density at radius 3 is 2.37 bits per heavy atom. The molecule has 6 heteroatoms. The quantitative estimate of drug-likeness (QED) is 0.728. The minimum absolute atomic E-state index is 0.0318. The van der Waals surface area contributed by atoms with Crippen molar-refractivity contribution in [3.05, 3.63) is 65.2 Å². The van der Waals surface area contributed by atoms with Gasteiger partial charge in [0.1, 0.15) is 0 Å². The molecular formula is C21H27ClN3O2+. The predicted octanol–water partition coefficient (Wildman–Crippen LogP) is 2.23. The average molecular weight is 389 g/mol. The fourth-order valence-corrected chi connectivity index (χ4v) is 2.98. The fraction of sp³-hybridized carbons (Fsp3) is 0.333. The van der Waals surface area contributed by atoms with Crippen LogP contribution >= 0.6 is 11.6 Å². The normalized spacial score (nSPS) is 12.9. The molecule has 2 aromatic rings. The minimum Gasteiger partial charge on any atom is -0.334 e. The van der Waals surface area contributed by atoms with Gasteiger partial charge in [-0.05, 0) is 31.5 Å². The summed E-state index contributed by atoms with van der Waals surface area (Å²) in [5.41, 5.74) is 1.67. The first-order valence-corrected chi connectivity index (χ1v) is 9.49. The first-order valence-electron chi connectivity index (χ1n) is 9.11. The van der Waals surface area contributed by atoms with Gasteiger partial charge in [-0.25, -0.2) is 0 Å². The van der Waals surface area contributed by atoms with Crippen LogP contribution < -0.4 is 10.2 Å². The highest BCUT2D eigenvalue weighted by molar-refractivity contribution is 6.33. The molecule has 0 heterocycles. The third kappa shape index (κ3) is 6.08. The first kappa shape index (κ1) is 20.9. The van der Waals surface area contributed by atoms with Crippen molar-refractivity contribution in [3.63, 3.8) is 0 Å². The Bertz CT molecular complexity index is 767. The van der Waals surface area contributed by atoms with E-state index >= 15 is 0 Å². The molecule has 2 N–H and O–H groups in total. The number of hydrogen-bond donors (Lipinski definition) is 2. The van der Waals surface area contributed by atoms with Crippen LogP contribution in [-0.2, 0) is 16.1 Å². The highest BCUT2D eigenvalue weighted by Crippen LogP contribution is 2.19. The fourth-order valence-electron chi connectivity index (χ4n) is 2.80. The van der Waals surface area contributed by atoms with Gasteiger partial charge in [-0.1, -0.05) is 54.1 Å². The Hall–Kier alpha value is -2.37. The monoisotopic (exact) mass is 388 g/mol.